The highest BCUT2D eigenvalue weighted by atomic mass is 79.9. The Morgan fingerprint density at radius 2 is 2.16 bits per heavy atom. The zero-order chi connectivity index (χ0) is 14.0. The Kier molecular flexibility index (Phi) is 4.01. The van der Waals surface area contributed by atoms with Crippen molar-refractivity contribution in [2.24, 2.45) is 5.73 Å². The van der Waals surface area contributed by atoms with Crippen molar-refractivity contribution in [2.45, 2.75) is 0 Å². The third-order valence-corrected chi connectivity index (χ3v) is 3.08. The van der Waals surface area contributed by atoms with E-state index in [-0.39, 0.29) is 20.9 Å². The van der Waals surface area contributed by atoms with Gasteiger partial charge in [-0.05, 0) is 40.2 Å². The molecule has 0 spiro atoms. The molecule has 0 fully saturated rings. The molecule has 0 radical (unpaired) electrons. The van der Waals surface area contributed by atoms with Gasteiger partial charge >= 0.3 is 0 Å². The monoisotopic (exact) mass is 344 g/mol. The van der Waals surface area contributed by atoms with E-state index in [1.165, 1.54) is 30.5 Å². The van der Waals surface area contributed by atoms with E-state index in [9.17, 15) is 9.18 Å². The molecule has 0 atom stereocenters. The van der Waals surface area contributed by atoms with Gasteiger partial charge in [0.15, 0.2) is 0 Å². The Balaban J connectivity index is 2.28. The number of nitrogens with zero attached hydrogens (tertiary/aromatic N) is 1. The first-order valence-corrected chi connectivity index (χ1v) is 6.22. The minimum absolute atomic E-state index is 0.102. The third-order valence-electron chi connectivity index (χ3n) is 2.20. The molecule has 0 aliphatic carbocycles. The number of pyridine rings is 1. The largest absolute Gasteiger partial charge is 0.437 e. The summed E-state index contributed by atoms with van der Waals surface area (Å²) in [6.07, 6.45) is 1.25. The fourth-order valence-electron chi connectivity index (χ4n) is 1.29. The van der Waals surface area contributed by atoms with Crippen LogP contribution in [-0.4, -0.2) is 10.9 Å². The molecule has 2 aromatic rings. The number of hydrogen-bond donors (Lipinski definition) is 1. The third kappa shape index (κ3) is 3.21. The van der Waals surface area contributed by atoms with E-state index in [1.807, 2.05) is 0 Å². The van der Waals surface area contributed by atoms with Crippen molar-refractivity contribution in [2.75, 3.05) is 0 Å². The normalized spacial score (nSPS) is 10.3. The summed E-state index contributed by atoms with van der Waals surface area (Å²) < 4.78 is 18.7. The second-order valence-corrected chi connectivity index (χ2v) is 4.81. The molecule has 0 bridgehead atoms. The zero-order valence-electron chi connectivity index (χ0n) is 9.36. The number of rotatable bonds is 3. The quantitative estimate of drug-likeness (QED) is 0.925. The number of aromatic nitrogens is 1. The fraction of sp³-hybridized carbons (Fsp3) is 0. The summed E-state index contributed by atoms with van der Waals surface area (Å²) in [6.45, 7) is 0. The smallest absolute Gasteiger partial charge is 0.250 e. The van der Waals surface area contributed by atoms with Gasteiger partial charge in [0.05, 0.1) is 10.0 Å². The predicted molar refractivity (Wildman–Crippen MR) is 71.9 cm³/mol. The highest BCUT2D eigenvalue weighted by Gasteiger charge is 2.10. The van der Waals surface area contributed by atoms with E-state index < -0.39 is 11.7 Å². The molecule has 7 heteroatoms. The van der Waals surface area contributed by atoms with Crippen LogP contribution in [0.2, 0.25) is 5.02 Å². The van der Waals surface area contributed by atoms with Crippen molar-refractivity contribution in [3.63, 3.8) is 0 Å². The molecule has 1 heterocycles. The number of ether oxygens (including phenoxy) is 1. The van der Waals surface area contributed by atoms with Gasteiger partial charge in [-0.1, -0.05) is 11.6 Å². The van der Waals surface area contributed by atoms with Gasteiger partial charge in [0.1, 0.15) is 16.6 Å². The Morgan fingerprint density at radius 3 is 2.74 bits per heavy atom. The molecule has 98 valence electrons. The van der Waals surface area contributed by atoms with Gasteiger partial charge in [0.2, 0.25) is 11.8 Å². The molecule has 0 aliphatic rings. The predicted octanol–water partition coefficient (Wildman–Crippen LogP) is 3.53. The Hall–Kier alpha value is -1.66. The number of halogens is 3. The Labute approximate surface area is 121 Å². The van der Waals surface area contributed by atoms with Crippen molar-refractivity contribution in [3.8, 4) is 11.6 Å². The van der Waals surface area contributed by atoms with Gasteiger partial charge in [-0.15, -0.1) is 0 Å². The van der Waals surface area contributed by atoms with E-state index in [4.69, 9.17) is 22.1 Å². The Morgan fingerprint density at radius 1 is 1.42 bits per heavy atom. The molecule has 2 rings (SSSR count). The fourth-order valence-corrected chi connectivity index (χ4v) is 1.85. The topological polar surface area (TPSA) is 65.2 Å². The molecule has 2 N–H and O–H groups in total. The van der Waals surface area contributed by atoms with Crippen molar-refractivity contribution < 1.29 is 13.9 Å². The van der Waals surface area contributed by atoms with Crippen LogP contribution in [0.5, 0.6) is 11.6 Å². The number of amides is 1. The number of carbonyl (C=O) groups is 1. The first-order chi connectivity index (χ1) is 8.97. The van der Waals surface area contributed by atoms with Crippen LogP contribution in [0.25, 0.3) is 0 Å². The summed E-state index contributed by atoms with van der Waals surface area (Å²) in [5.41, 5.74) is 5.27. The lowest BCUT2D eigenvalue weighted by Crippen LogP contribution is -2.11. The van der Waals surface area contributed by atoms with Gasteiger partial charge in [-0.3, -0.25) is 4.79 Å². The van der Waals surface area contributed by atoms with Gasteiger partial charge in [0, 0.05) is 6.20 Å². The standard InChI is InChI=1S/C12H7BrClFN2O2/c13-8-4-7(1-2-10(8)15)19-12-9(14)3-6(5-17-12)11(16)18/h1-5H,(H2,16,18). The van der Waals surface area contributed by atoms with E-state index in [1.54, 1.807) is 0 Å². The summed E-state index contributed by atoms with van der Waals surface area (Å²) in [4.78, 5) is 14.8. The van der Waals surface area contributed by atoms with E-state index in [2.05, 4.69) is 20.9 Å². The number of primary amides is 1. The summed E-state index contributed by atoms with van der Waals surface area (Å²) >= 11 is 8.95. The molecule has 0 saturated heterocycles. The number of hydrogen-bond acceptors (Lipinski definition) is 3. The SMILES string of the molecule is NC(=O)c1cnc(Oc2ccc(F)c(Br)c2)c(Cl)c1. The van der Waals surface area contributed by atoms with Gasteiger partial charge in [0.25, 0.3) is 0 Å². The first-order valence-electron chi connectivity index (χ1n) is 5.05. The van der Waals surface area contributed by atoms with Gasteiger partial charge in [-0.2, -0.15) is 0 Å². The summed E-state index contributed by atoms with van der Waals surface area (Å²) in [7, 11) is 0. The van der Waals surface area contributed by atoms with Gasteiger partial charge < -0.3 is 10.5 Å². The van der Waals surface area contributed by atoms with Crippen LogP contribution in [0, 0.1) is 5.82 Å². The molecule has 1 amide bonds. The maximum absolute atomic E-state index is 13.1. The highest BCUT2D eigenvalue weighted by Crippen LogP contribution is 2.29. The number of benzene rings is 1. The molecule has 1 aromatic heterocycles. The zero-order valence-corrected chi connectivity index (χ0v) is 11.7. The molecule has 19 heavy (non-hydrogen) atoms. The molecular formula is C12H7BrClFN2O2. The molecule has 4 nitrogen and oxygen atoms in total. The lowest BCUT2D eigenvalue weighted by Gasteiger charge is -2.07. The first kappa shape index (κ1) is 13.8. The maximum atomic E-state index is 13.1. The highest BCUT2D eigenvalue weighted by molar-refractivity contribution is 9.10. The van der Waals surface area contributed by atoms with Crippen molar-refractivity contribution in [3.05, 3.63) is 51.3 Å². The Bertz CT molecular complexity index is 652. The van der Waals surface area contributed by atoms with Gasteiger partial charge in [-0.25, -0.2) is 9.37 Å². The van der Waals surface area contributed by atoms with Crippen molar-refractivity contribution >= 4 is 33.4 Å². The van der Waals surface area contributed by atoms with Crippen LogP contribution in [-0.2, 0) is 0 Å². The lowest BCUT2D eigenvalue weighted by atomic mass is 10.3. The molecule has 0 unspecified atom stereocenters. The van der Waals surface area contributed by atoms with Crippen molar-refractivity contribution in [1.82, 2.24) is 4.98 Å². The number of carbonyl (C=O) groups excluding carboxylic acids is 1. The average molecular weight is 346 g/mol. The average Bonchev–Trinajstić information content (AvgIpc) is 2.36. The maximum Gasteiger partial charge on any atom is 0.250 e. The van der Waals surface area contributed by atoms with Crippen LogP contribution in [0.1, 0.15) is 10.4 Å². The van der Waals surface area contributed by atoms with Crippen LogP contribution >= 0.6 is 27.5 Å². The summed E-state index contributed by atoms with van der Waals surface area (Å²) in [5, 5.41) is 0.136. The minimum atomic E-state index is -0.634. The second kappa shape index (κ2) is 5.54. The molecular weight excluding hydrogens is 338 g/mol. The van der Waals surface area contributed by atoms with E-state index in [0.717, 1.165) is 0 Å². The van der Waals surface area contributed by atoms with Crippen LogP contribution < -0.4 is 10.5 Å². The summed E-state index contributed by atoms with van der Waals surface area (Å²) in [6, 6.07) is 5.46. The molecule has 0 aliphatic heterocycles. The lowest BCUT2D eigenvalue weighted by molar-refractivity contribution is 0.1000. The number of nitrogens with two attached hydrogens (primary N) is 1. The van der Waals surface area contributed by atoms with Crippen LogP contribution in [0.15, 0.2) is 34.9 Å². The van der Waals surface area contributed by atoms with Crippen molar-refractivity contribution in [1.29, 1.82) is 0 Å². The van der Waals surface area contributed by atoms with E-state index in [0.29, 0.717) is 5.75 Å². The van der Waals surface area contributed by atoms with Crippen LogP contribution in [0.4, 0.5) is 4.39 Å². The van der Waals surface area contributed by atoms with Crippen LogP contribution in [0.3, 0.4) is 0 Å². The molecule has 0 saturated carbocycles. The summed E-state index contributed by atoms with van der Waals surface area (Å²) in [5.74, 6) is -0.583. The molecule has 1 aromatic carbocycles. The second-order valence-electron chi connectivity index (χ2n) is 3.55. The minimum Gasteiger partial charge on any atom is -0.437 e. The van der Waals surface area contributed by atoms with E-state index >= 15 is 0 Å².